The normalized spacial score (nSPS) is 14.1. The summed E-state index contributed by atoms with van der Waals surface area (Å²) in [6, 6.07) is 19.4. The topological polar surface area (TPSA) is 105 Å². The van der Waals surface area contributed by atoms with Gasteiger partial charge in [-0.1, -0.05) is 48.5 Å². The number of benzene rings is 2. The molecule has 1 aliphatic carbocycles. The average Bonchev–Trinajstić information content (AvgIpc) is 3.46. The number of hydrogen-bond acceptors (Lipinski definition) is 7. The molecule has 2 aromatic carbocycles. The van der Waals surface area contributed by atoms with E-state index >= 15 is 0 Å². The number of carbonyl (C=O) groups excluding carboxylic acids is 2. The van der Waals surface area contributed by atoms with Crippen LogP contribution in [0.4, 0.5) is 4.79 Å². The number of aliphatic hydroxyl groups excluding tert-OH is 2. The minimum Gasteiger partial charge on any atom is -0.462 e. The van der Waals surface area contributed by atoms with E-state index in [1.807, 2.05) is 24.3 Å². The van der Waals surface area contributed by atoms with Crippen molar-refractivity contribution in [3.63, 3.8) is 0 Å². The van der Waals surface area contributed by atoms with Gasteiger partial charge in [-0.25, -0.2) is 9.59 Å². The van der Waals surface area contributed by atoms with E-state index in [0.717, 1.165) is 33.6 Å². The van der Waals surface area contributed by atoms with Crippen LogP contribution in [-0.4, -0.2) is 48.1 Å². The quantitative estimate of drug-likeness (QED) is 0.395. The largest absolute Gasteiger partial charge is 0.462 e. The molecule has 0 saturated carbocycles. The number of alkyl carbamates (subject to hydrolysis) is 1. The highest BCUT2D eigenvalue weighted by molar-refractivity contribution is 7.14. The fourth-order valence-corrected chi connectivity index (χ4v) is 5.09. The van der Waals surface area contributed by atoms with E-state index in [1.54, 1.807) is 19.1 Å². The van der Waals surface area contributed by atoms with Crippen molar-refractivity contribution in [2.24, 2.45) is 0 Å². The predicted octanol–water partition coefficient (Wildman–Crippen LogP) is 4.25. The Hall–Kier alpha value is -3.20. The van der Waals surface area contributed by atoms with E-state index in [2.05, 4.69) is 29.6 Å². The Morgan fingerprint density at radius 3 is 2.26 bits per heavy atom. The Balaban J connectivity index is 1.25. The average molecular weight is 482 g/mol. The van der Waals surface area contributed by atoms with Crippen LogP contribution in [0.5, 0.6) is 0 Å². The highest BCUT2D eigenvalue weighted by Gasteiger charge is 2.29. The summed E-state index contributed by atoms with van der Waals surface area (Å²) in [6.07, 6.45) is -2.73. The van der Waals surface area contributed by atoms with Gasteiger partial charge in [0.25, 0.3) is 0 Å². The molecule has 3 aromatic rings. The maximum atomic E-state index is 12.3. The molecule has 0 bridgehead atoms. The molecule has 4 rings (SSSR count). The minimum absolute atomic E-state index is 0.0296. The maximum absolute atomic E-state index is 12.3. The van der Waals surface area contributed by atoms with Crippen molar-refractivity contribution in [3.05, 3.63) is 81.5 Å². The number of hydrogen-bond donors (Lipinski definition) is 3. The molecule has 7 nitrogen and oxygen atoms in total. The Bertz CT molecular complexity index is 1110. The number of rotatable bonds is 9. The molecule has 1 aliphatic rings. The number of carbonyl (C=O) groups is 2. The first-order valence-corrected chi connectivity index (χ1v) is 12.0. The van der Waals surface area contributed by atoms with Crippen LogP contribution in [0.1, 0.15) is 51.0 Å². The third kappa shape index (κ3) is 5.14. The molecular weight excluding hydrogens is 454 g/mol. The van der Waals surface area contributed by atoms with Gasteiger partial charge in [0.1, 0.15) is 17.6 Å². The van der Waals surface area contributed by atoms with Crippen molar-refractivity contribution in [1.29, 1.82) is 0 Å². The highest BCUT2D eigenvalue weighted by atomic mass is 32.1. The summed E-state index contributed by atoms with van der Waals surface area (Å²) in [5, 5.41) is 23.3. The Morgan fingerprint density at radius 1 is 0.971 bits per heavy atom. The lowest BCUT2D eigenvalue weighted by molar-refractivity contribution is 0.0158. The lowest BCUT2D eigenvalue weighted by atomic mass is 9.98. The molecular formula is C26H27NO6S. The number of aliphatic hydroxyl groups is 2. The smallest absolute Gasteiger partial charge is 0.407 e. The van der Waals surface area contributed by atoms with Crippen molar-refractivity contribution >= 4 is 23.4 Å². The third-order valence-corrected chi connectivity index (χ3v) is 6.95. The molecule has 1 heterocycles. The maximum Gasteiger partial charge on any atom is 0.407 e. The summed E-state index contributed by atoms with van der Waals surface area (Å²) in [6.45, 7) is 2.31. The zero-order valence-corrected chi connectivity index (χ0v) is 19.6. The van der Waals surface area contributed by atoms with Crippen molar-refractivity contribution in [1.82, 2.24) is 5.32 Å². The van der Waals surface area contributed by atoms with Crippen molar-refractivity contribution in [2.75, 3.05) is 19.8 Å². The van der Waals surface area contributed by atoms with Crippen molar-refractivity contribution < 1.29 is 29.3 Å². The number of ether oxygens (including phenoxy) is 2. The molecule has 2 atom stereocenters. The molecule has 1 aromatic heterocycles. The molecule has 2 unspecified atom stereocenters. The van der Waals surface area contributed by atoms with Crippen LogP contribution in [0, 0.1) is 0 Å². The molecule has 3 N–H and O–H groups in total. The van der Waals surface area contributed by atoms with Gasteiger partial charge in [-0.3, -0.25) is 0 Å². The van der Waals surface area contributed by atoms with Crippen LogP contribution >= 0.6 is 11.3 Å². The van der Waals surface area contributed by atoms with Gasteiger partial charge < -0.3 is 25.0 Å². The Kier molecular flexibility index (Phi) is 7.62. The molecule has 34 heavy (non-hydrogen) atoms. The summed E-state index contributed by atoms with van der Waals surface area (Å²) in [5.41, 5.74) is 4.58. The first kappa shape index (κ1) is 23.9. The number of thiophene rings is 1. The van der Waals surface area contributed by atoms with E-state index in [0.29, 0.717) is 9.75 Å². The second-order valence-electron chi connectivity index (χ2n) is 7.98. The van der Waals surface area contributed by atoms with Crippen molar-refractivity contribution in [2.45, 2.75) is 31.5 Å². The lowest BCUT2D eigenvalue weighted by Gasteiger charge is -2.17. The summed E-state index contributed by atoms with van der Waals surface area (Å²) in [7, 11) is 0. The zero-order valence-electron chi connectivity index (χ0n) is 18.8. The first-order chi connectivity index (χ1) is 16.5. The van der Waals surface area contributed by atoms with Gasteiger partial charge in [0, 0.05) is 17.3 Å². The van der Waals surface area contributed by atoms with Crippen molar-refractivity contribution in [3.8, 4) is 11.1 Å². The summed E-state index contributed by atoms with van der Waals surface area (Å²) >= 11 is 1.07. The fourth-order valence-electron chi connectivity index (χ4n) is 4.14. The summed E-state index contributed by atoms with van der Waals surface area (Å²) < 4.78 is 10.4. The van der Waals surface area contributed by atoms with E-state index in [4.69, 9.17) is 9.47 Å². The number of fused-ring (bicyclic) bond motifs is 3. The van der Waals surface area contributed by atoms with Crippen LogP contribution < -0.4 is 5.32 Å². The van der Waals surface area contributed by atoms with Gasteiger partial charge in [-0.05, 0) is 47.7 Å². The standard InChI is InChI=1S/C26H27NO6S/c1-2-32-25(30)23-12-11-22(34-23)24(29)21(28)13-14-27-26(31)33-15-20-18-9-5-3-7-16(18)17-8-4-6-10-19(17)20/h3-12,20-21,24,28-29H,2,13-15H2,1H3,(H,27,31). The lowest BCUT2D eigenvalue weighted by Crippen LogP contribution is -2.30. The third-order valence-electron chi connectivity index (χ3n) is 5.81. The second-order valence-corrected chi connectivity index (χ2v) is 9.09. The Labute approximate surface area is 202 Å². The van der Waals surface area contributed by atoms with Gasteiger partial charge in [0.15, 0.2) is 0 Å². The number of amides is 1. The van der Waals surface area contributed by atoms with Crippen LogP contribution in [0.3, 0.4) is 0 Å². The molecule has 0 radical (unpaired) electrons. The first-order valence-electron chi connectivity index (χ1n) is 11.2. The highest BCUT2D eigenvalue weighted by Crippen LogP contribution is 2.44. The summed E-state index contributed by atoms with van der Waals surface area (Å²) in [5.74, 6) is -0.490. The molecule has 178 valence electrons. The second kappa shape index (κ2) is 10.8. The van der Waals surface area contributed by atoms with E-state index in [-0.39, 0.29) is 32.1 Å². The van der Waals surface area contributed by atoms with E-state index in [9.17, 15) is 19.8 Å². The predicted molar refractivity (Wildman–Crippen MR) is 129 cm³/mol. The van der Waals surface area contributed by atoms with Crippen LogP contribution in [0.25, 0.3) is 11.1 Å². The Morgan fingerprint density at radius 2 is 1.62 bits per heavy atom. The van der Waals surface area contributed by atoms with Gasteiger partial charge in [0.05, 0.1) is 12.7 Å². The van der Waals surface area contributed by atoms with Crippen LogP contribution in [0.2, 0.25) is 0 Å². The zero-order chi connectivity index (χ0) is 24.1. The fraction of sp³-hybridized carbons (Fsp3) is 0.308. The van der Waals surface area contributed by atoms with Gasteiger partial charge in [-0.15, -0.1) is 11.3 Å². The SMILES string of the molecule is CCOC(=O)c1ccc(C(O)C(O)CCNC(=O)OCC2c3ccccc3-c3ccccc32)s1. The molecule has 8 heteroatoms. The van der Waals surface area contributed by atoms with Gasteiger partial charge >= 0.3 is 12.1 Å². The number of esters is 1. The molecule has 0 spiro atoms. The molecule has 0 fully saturated rings. The molecule has 1 amide bonds. The van der Waals surface area contributed by atoms with Crippen LogP contribution in [-0.2, 0) is 9.47 Å². The van der Waals surface area contributed by atoms with Gasteiger partial charge in [-0.2, -0.15) is 0 Å². The number of nitrogens with one attached hydrogen (secondary N) is 1. The van der Waals surface area contributed by atoms with E-state index in [1.165, 1.54) is 0 Å². The van der Waals surface area contributed by atoms with Gasteiger partial charge in [0.2, 0.25) is 0 Å². The minimum atomic E-state index is -1.17. The van der Waals surface area contributed by atoms with Crippen LogP contribution in [0.15, 0.2) is 60.7 Å². The van der Waals surface area contributed by atoms with E-state index < -0.39 is 24.3 Å². The molecule has 0 saturated heterocycles. The summed E-state index contributed by atoms with van der Waals surface area (Å²) in [4.78, 5) is 24.8. The molecule has 0 aliphatic heterocycles. The monoisotopic (exact) mass is 481 g/mol.